The summed E-state index contributed by atoms with van der Waals surface area (Å²) in [6.45, 7) is 0. The predicted molar refractivity (Wildman–Crippen MR) is 82.2 cm³/mol. The zero-order valence-corrected chi connectivity index (χ0v) is 12.7. The molecule has 0 radical (unpaired) electrons. The van der Waals surface area contributed by atoms with Gasteiger partial charge in [-0.25, -0.2) is 9.82 Å². The van der Waals surface area contributed by atoms with E-state index in [4.69, 9.17) is 4.74 Å². The summed E-state index contributed by atoms with van der Waals surface area (Å²) in [4.78, 5) is 11.7. The molecule has 21 heavy (non-hydrogen) atoms. The molecule has 0 aliphatic heterocycles. The van der Waals surface area contributed by atoms with Gasteiger partial charge in [-0.3, -0.25) is 4.79 Å². The first-order valence-electron chi connectivity index (χ1n) is 6.02. The first kappa shape index (κ1) is 15.2. The van der Waals surface area contributed by atoms with Crippen molar-refractivity contribution in [3.63, 3.8) is 0 Å². The molecule has 0 unspecified atom stereocenters. The summed E-state index contributed by atoms with van der Waals surface area (Å²) in [5, 5.41) is 3.86. The molecule has 6 heteroatoms. The van der Waals surface area contributed by atoms with Crippen LogP contribution >= 0.6 is 15.9 Å². The van der Waals surface area contributed by atoms with Crippen molar-refractivity contribution in [2.24, 2.45) is 5.10 Å². The fourth-order valence-corrected chi connectivity index (χ4v) is 2.15. The van der Waals surface area contributed by atoms with Gasteiger partial charge in [-0.05, 0) is 64.0 Å². The summed E-state index contributed by atoms with van der Waals surface area (Å²) >= 11 is 3.36. The van der Waals surface area contributed by atoms with E-state index >= 15 is 0 Å². The molecule has 0 saturated carbocycles. The molecule has 2 aromatic carbocycles. The van der Waals surface area contributed by atoms with E-state index in [0.717, 1.165) is 10.0 Å². The molecular formula is C15H12BrFN2O2. The summed E-state index contributed by atoms with van der Waals surface area (Å²) in [7, 11) is 1.58. The van der Waals surface area contributed by atoms with Crippen LogP contribution in [-0.2, 0) is 0 Å². The number of carbonyl (C=O) groups is 1. The molecule has 0 heterocycles. The lowest BCUT2D eigenvalue weighted by molar-refractivity contribution is 0.0955. The molecule has 108 valence electrons. The number of hydrazone groups is 1. The van der Waals surface area contributed by atoms with Crippen LogP contribution in [0.2, 0.25) is 0 Å². The van der Waals surface area contributed by atoms with Crippen LogP contribution in [0.5, 0.6) is 5.75 Å². The Labute approximate surface area is 129 Å². The van der Waals surface area contributed by atoms with E-state index in [1.54, 1.807) is 19.2 Å². The van der Waals surface area contributed by atoms with E-state index in [2.05, 4.69) is 26.5 Å². The van der Waals surface area contributed by atoms with Crippen LogP contribution in [0.15, 0.2) is 52.0 Å². The van der Waals surface area contributed by atoms with Crippen molar-refractivity contribution in [2.75, 3.05) is 7.11 Å². The summed E-state index contributed by atoms with van der Waals surface area (Å²) in [6, 6.07) is 10.6. The highest BCUT2D eigenvalue weighted by molar-refractivity contribution is 9.10. The molecule has 1 N–H and O–H groups in total. The summed E-state index contributed by atoms with van der Waals surface area (Å²) in [5.41, 5.74) is 3.51. The third kappa shape index (κ3) is 4.13. The van der Waals surface area contributed by atoms with Crippen molar-refractivity contribution >= 4 is 28.1 Å². The molecule has 0 atom stereocenters. The molecule has 0 saturated heterocycles. The van der Waals surface area contributed by atoms with Crippen LogP contribution in [0.4, 0.5) is 4.39 Å². The van der Waals surface area contributed by atoms with E-state index in [9.17, 15) is 9.18 Å². The minimum atomic E-state index is -0.404. The third-order valence-electron chi connectivity index (χ3n) is 2.66. The number of ether oxygens (including phenoxy) is 1. The van der Waals surface area contributed by atoms with Gasteiger partial charge in [-0.2, -0.15) is 5.10 Å². The molecule has 0 bridgehead atoms. The van der Waals surface area contributed by atoms with Crippen LogP contribution in [0, 0.1) is 5.82 Å². The lowest BCUT2D eigenvalue weighted by atomic mass is 10.2. The van der Waals surface area contributed by atoms with Gasteiger partial charge in [0, 0.05) is 5.56 Å². The Hall–Kier alpha value is -2.21. The van der Waals surface area contributed by atoms with Gasteiger partial charge in [-0.1, -0.05) is 0 Å². The van der Waals surface area contributed by atoms with E-state index < -0.39 is 11.7 Å². The molecule has 0 aromatic heterocycles. The summed E-state index contributed by atoms with van der Waals surface area (Å²) in [5.74, 6) is -0.0838. The molecule has 0 aliphatic carbocycles. The van der Waals surface area contributed by atoms with E-state index in [-0.39, 0.29) is 0 Å². The number of rotatable bonds is 4. The Morgan fingerprint density at radius 3 is 2.62 bits per heavy atom. The Bertz CT molecular complexity index is 672. The molecule has 0 aliphatic rings. The molecule has 2 rings (SSSR count). The normalized spacial score (nSPS) is 10.6. The maximum absolute atomic E-state index is 12.7. The van der Waals surface area contributed by atoms with Crippen molar-refractivity contribution in [1.29, 1.82) is 0 Å². The van der Waals surface area contributed by atoms with Gasteiger partial charge >= 0.3 is 0 Å². The first-order chi connectivity index (χ1) is 10.1. The minimum Gasteiger partial charge on any atom is -0.496 e. The summed E-state index contributed by atoms with van der Waals surface area (Å²) < 4.78 is 18.7. The maximum atomic E-state index is 12.7. The molecule has 2 aromatic rings. The predicted octanol–water partition coefficient (Wildman–Crippen LogP) is 3.36. The van der Waals surface area contributed by atoms with Gasteiger partial charge in [-0.15, -0.1) is 0 Å². The Kier molecular flexibility index (Phi) is 5.05. The topological polar surface area (TPSA) is 50.7 Å². The maximum Gasteiger partial charge on any atom is 0.271 e. The van der Waals surface area contributed by atoms with Crippen LogP contribution in [0.3, 0.4) is 0 Å². The number of hydrogen-bond acceptors (Lipinski definition) is 3. The molecule has 1 amide bonds. The summed E-state index contributed by atoms with van der Waals surface area (Å²) in [6.07, 6.45) is 1.51. The number of nitrogens with zero attached hydrogens (tertiary/aromatic N) is 1. The van der Waals surface area contributed by atoms with Crippen LogP contribution in [0.25, 0.3) is 0 Å². The van der Waals surface area contributed by atoms with Crippen molar-refractivity contribution < 1.29 is 13.9 Å². The average molecular weight is 351 g/mol. The quantitative estimate of drug-likeness (QED) is 0.678. The molecule has 0 spiro atoms. The largest absolute Gasteiger partial charge is 0.496 e. The third-order valence-corrected chi connectivity index (χ3v) is 3.28. The van der Waals surface area contributed by atoms with Crippen LogP contribution in [-0.4, -0.2) is 19.2 Å². The Morgan fingerprint density at radius 2 is 2.00 bits per heavy atom. The lowest BCUT2D eigenvalue weighted by Gasteiger charge is -2.03. The Balaban J connectivity index is 2.00. The average Bonchev–Trinajstić information content (AvgIpc) is 2.48. The molecule has 0 fully saturated rings. The highest BCUT2D eigenvalue weighted by Gasteiger charge is 2.04. The zero-order valence-electron chi connectivity index (χ0n) is 11.1. The van der Waals surface area contributed by atoms with Gasteiger partial charge in [0.1, 0.15) is 11.6 Å². The van der Waals surface area contributed by atoms with E-state index in [1.807, 2.05) is 6.07 Å². The van der Waals surface area contributed by atoms with Crippen molar-refractivity contribution in [3.8, 4) is 5.75 Å². The fraction of sp³-hybridized carbons (Fsp3) is 0.0667. The van der Waals surface area contributed by atoms with E-state index in [1.165, 1.54) is 30.5 Å². The number of benzene rings is 2. The number of halogens is 2. The van der Waals surface area contributed by atoms with Gasteiger partial charge in [0.15, 0.2) is 0 Å². The minimum absolute atomic E-state index is 0.337. The van der Waals surface area contributed by atoms with E-state index in [0.29, 0.717) is 11.3 Å². The van der Waals surface area contributed by atoms with Gasteiger partial charge in [0.05, 0.1) is 17.8 Å². The van der Waals surface area contributed by atoms with Crippen LogP contribution < -0.4 is 10.2 Å². The molecular weight excluding hydrogens is 339 g/mol. The Morgan fingerprint density at radius 1 is 1.29 bits per heavy atom. The molecule has 4 nitrogen and oxygen atoms in total. The SMILES string of the molecule is COc1ccc(C=NNC(=O)c2ccc(F)cc2)cc1Br. The van der Waals surface area contributed by atoms with Crippen molar-refractivity contribution in [1.82, 2.24) is 5.43 Å². The van der Waals surface area contributed by atoms with Crippen molar-refractivity contribution in [3.05, 3.63) is 63.9 Å². The fourth-order valence-electron chi connectivity index (χ4n) is 1.59. The number of amides is 1. The van der Waals surface area contributed by atoms with Gasteiger partial charge < -0.3 is 4.74 Å². The number of hydrogen-bond donors (Lipinski definition) is 1. The lowest BCUT2D eigenvalue weighted by Crippen LogP contribution is -2.17. The number of methoxy groups -OCH3 is 1. The highest BCUT2D eigenvalue weighted by Crippen LogP contribution is 2.24. The van der Waals surface area contributed by atoms with Crippen molar-refractivity contribution in [2.45, 2.75) is 0 Å². The zero-order chi connectivity index (χ0) is 15.2. The van der Waals surface area contributed by atoms with Crippen LogP contribution in [0.1, 0.15) is 15.9 Å². The smallest absolute Gasteiger partial charge is 0.271 e. The number of nitrogens with one attached hydrogen (secondary N) is 1. The highest BCUT2D eigenvalue weighted by atomic mass is 79.9. The second kappa shape index (κ2) is 6.99. The van der Waals surface area contributed by atoms with Gasteiger partial charge in [0.25, 0.3) is 5.91 Å². The standard InChI is InChI=1S/C15H12BrFN2O2/c1-21-14-7-2-10(8-13(14)16)9-18-19-15(20)11-3-5-12(17)6-4-11/h2-9H,1H3,(H,19,20). The first-order valence-corrected chi connectivity index (χ1v) is 6.82. The number of carbonyl (C=O) groups excluding carboxylic acids is 1. The second-order valence-electron chi connectivity index (χ2n) is 4.10. The van der Waals surface area contributed by atoms with Gasteiger partial charge in [0.2, 0.25) is 0 Å². The monoisotopic (exact) mass is 350 g/mol. The second-order valence-corrected chi connectivity index (χ2v) is 4.95.